The van der Waals surface area contributed by atoms with E-state index >= 15 is 0 Å². The summed E-state index contributed by atoms with van der Waals surface area (Å²) < 4.78 is 7.27. The molecular weight excluding hydrogens is 360 g/mol. The molecule has 3 heterocycles. The summed E-state index contributed by atoms with van der Waals surface area (Å²) in [5.41, 5.74) is 6.49. The maximum atomic E-state index is 12.4. The lowest BCUT2D eigenvalue weighted by Gasteiger charge is -2.76. The summed E-state index contributed by atoms with van der Waals surface area (Å²) in [5.74, 6) is 0.158. The number of aliphatic hydroxyl groups is 1. The van der Waals surface area contributed by atoms with Crippen LogP contribution >= 0.6 is 0 Å². The molecule has 1 spiro atoms. The first kappa shape index (κ1) is 20.0. The van der Waals surface area contributed by atoms with Crippen molar-refractivity contribution in [1.29, 1.82) is 0 Å². The molecule has 5 aliphatic rings. The lowest BCUT2D eigenvalue weighted by Crippen LogP contribution is -2.83. The van der Waals surface area contributed by atoms with Gasteiger partial charge in [-0.25, -0.2) is 0 Å². The minimum Gasteiger partial charge on any atom is -0.387 e. The molecule has 2 saturated heterocycles. The molecule has 4 nitrogen and oxygen atoms in total. The Bertz CT molecular complexity index is 865. The van der Waals surface area contributed by atoms with E-state index in [-0.39, 0.29) is 28.3 Å². The van der Waals surface area contributed by atoms with Gasteiger partial charge in [0.05, 0.1) is 16.8 Å². The summed E-state index contributed by atoms with van der Waals surface area (Å²) in [6, 6.07) is 6.32. The molecule has 3 aliphatic carbocycles. The van der Waals surface area contributed by atoms with Crippen molar-refractivity contribution in [1.82, 2.24) is 4.98 Å². The van der Waals surface area contributed by atoms with Gasteiger partial charge in [0.1, 0.15) is 0 Å². The van der Waals surface area contributed by atoms with Crippen molar-refractivity contribution < 1.29 is 9.84 Å². The Morgan fingerprint density at radius 1 is 1.17 bits per heavy atom. The second-order valence-electron chi connectivity index (χ2n) is 12.0. The SMILES string of the molecule is Cc1cccc([C@H]2C[C@]3(C)[C@@H]4C2(C)OC2(CCCCC23C)C[C@@]4(O)C(C)(C)N)n1. The van der Waals surface area contributed by atoms with E-state index in [1.54, 1.807) is 0 Å². The molecule has 4 bridgehead atoms. The molecule has 3 unspecified atom stereocenters. The Kier molecular flexibility index (Phi) is 3.74. The lowest BCUT2D eigenvalue weighted by atomic mass is 9.37. The Morgan fingerprint density at radius 2 is 1.86 bits per heavy atom. The maximum absolute atomic E-state index is 12.4. The normalized spacial score (nSPS) is 51.2. The van der Waals surface area contributed by atoms with Gasteiger partial charge in [0, 0.05) is 40.6 Å². The minimum atomic E-state index is -0.954. The van der Waals surface area contributed by atoms with Crippen molar-refractivity contribution >= 4 is 0 Å². The fourth-order valence-electron chi connectivity index (χ4n) is 8.65. The Balaban J connectivity index is 1.77. The minimum absolute atomic E-state index is 0.0141. The first-order chi connectivity index (χ1) is 13.3. The van der Waals surface area contributed by atoms with E-state index in [1.165, 1.54) is 19.3 Å². The molecular formula is C25H38N2O2. The van der Waals surface area contributed by atoms with E-state index in [1.807, 2.05) is 13.8 Å². The van der Waals surface area contributed by atoms with Crippen LogP contribution in [0, 0.1) is 23.7 Å². The highest BCUT2D eigenvalue weighted by Crippen LogP contribution is 2.81. The zero-order valence-electron chi connectivity index (χ0n) is 19.0. The van der Waals surface area contributed by atoms with Crippen LogP contribution in [-0.2, 0) is 4.74 Å². The van der Waals surface area contributed by atoms with Gasteiger partial charge in [-0.2, -0.15) is 0 Å². The van der Waals surface area contributed by atoms with Crippen LogP contribution in [0.15, 0.2) is 18.2 Å². The number of hydrogen-bond donors (Lipinski definition) is 2. The standard InChI is InChI=1S/C25H38N2O2/c1-16-10-9-11-18(27-16)17-14-21(4)19-23(17,6)29-24(13-8-7-12-22(21,24)5)15-25(19,28)20(2,3)26/h9-11,17,19,28H,7-8,12-15,26H2,1-6H3/t17-,19-,21-,22?,23?,24?,25+/m1/s1. The average molecular weight is 399 g/mol. The van der Waals surface area contributed by atoms with Crippen molar-refractivity contribution in [3.05, 3.63) is 29.6 Å². The molecule has 1 aromatic rings. The van der Waals surface area contributed by atoms with E-state index in [9.17, 15) is 5.11 Å². The third kappa shape index (κ3) is 2.09. The summed E-state index contributed by atoms with van der Waals surface area (Å²) in [6.07, 6.45) is 6.27. The lowest BCUT2D eigenvalue weighted by molar-refractivity contribution is -0.396. The predicted octanol–water partition coefficient (Wildman–Crippen LogP) is 4.48. The van der Waals surface area contributed by atoms with Crippen LogP contribution in [0.3, 0.4) is 0 Å². The molecule has 5 fully saturated rings. The number of hydrogen-bond acceptors (Lipinski definition) is 4. The van der Waals surface area contributed by atoms with Crippen LogP contribution in [0.25, 0.3) is 0 Å². The average Bonchev–Trinajstić information content (AvgIpc) is 2.82. The van der Waals surface area contributed by atoms with Crippen molar-refractivity contribution in [2.75, 3.05) is 0 Å². The van der Waals surface area contributed by atoms with E-state index in [0.717, 1.165) is 24.2 Å². The van der Waals surface area contributed by atoms with Gasteiger partial charge >= 0.3 is 0 Å². The number of ether oxygens (including phenoxy) is 1. The molecule has 3 saturated carbocycles. The van der Waals surface area contributed by atoms with Crippen molar-refractivity contribution in [3.63, 3.8) is 0 Å². The van der Waals surface area contributed by atoms with Gasteiger partial charge in [0.15, 0.2) is 0 Å². The highest BCUT2D eigenvalue weighted by atomic mass is 16.5. The van der Waals surface area contributed by atoms with Gasteiger partial charge in [-0.3, -0.25) is 4.98 Å². The van der Waals surface area contributed by atoms with E-state index in [2.05, 4.69) is 45.9 Å². The highest BCUT2D eigenvalue weighted by molar-refractivity contribution is 5.38. The van der Waals surface area contributed by atoms with Gasteiger partial charge in [-0.1, -0.05) is 32.8 Å². The van der Waals surface area contributed by atoms with Crippen molar-refractivity contribution in [2.45, 2.75) is 108 Å². The Morgan fingerprint density at radius 3 is 2.52 bits per heavy atom. The number of nitrogens with zero attached hydrogens (tertiary/aromatic N) is 1. The van der Waals surface area contributed by atoms with Crippen LogP contribution in [-0.4, -0.2) is 32.4 Å². The number of aromatic nitrogens is 1. The fourth-order valence-corrected chi connectivity index (χ4v) is 8.65. The maximum Gasteiger partial charge on any atom is 0.0909 e. The smallest absolute Gasteiger partial charge is 0.0909 e. The third-order valence-corrected chi connectivity index (χ3v) is 10.1. The predicted molar refractivity (Wildman–Crippen MR) is 115 cm³/mol. The number of rotatable bonds is 2. The topological polar surface area (TPSA) is 68.4 Å². The zero-order valence-corrected chi connectivity index (χ0v) is 19.0. The molecule has 6 rings (SSSR count). The highest BCUT2D eigenvalue weighted by Gasteiger charge is 2.85. The monoisotopic (exact) mass is 398 g/mol. The molecule has 160 valence electrons. The quantitative estimate of drug-likeness (QED) is 0.771. The molecule has 2 aliphatic heterocycles. The van der Waals surface area contributed by atoms with E-state index in [4.69, 9.17) is 15.5 Å². The van der Waals surface area contributed by atoms with Gasteiger partial charge in [0.2, 0.25) is 0 Å². The molecule has 0 aromatic carbocycles. The van der Waals surface area contributed by atoms with Gasteiger partial charge in [-0.05, 0) is 64.5 Å². The summed E-state index contributed by atoms with van der Waals surface area (Å²) >= 11 is 0. The number of nitrogens with two attached hydrogens (primary N) is 1. The first-order valence-corrected chi connectivity index (χ1v) is 11.5. The zero-order chi connectivity index (χ0) is 21.1. The summed E-state index contributed by atoms with van der Waals surface area (Å²) in [6.45, 7) is 13.2. The molecule has 1 aromatic heterocycles. The van der Waals surface area contributed by atoms with Crippen molar-refractivity contribution in [3.8, 4) is 0 Å². The van der Waals surface area contributed by atoms with Crippen LogP contribution in [0.1, 0.15) is 90.4 Å². The molecule has 0 amide bonds. The van der Waals surface area contributed by atoms with Crippen LogP contribution in [0.2, 0.25) is 0 Å². The molecule has 4 heteroatoms. The van der Waals surface area contributed by atoms with Crippen molar-refractivity contribution in [2.24, 2.45) is 22.5 Å². The van der Waals surface area contributed by atoms with Gasteiger partial charge in [-0.15, -0.1) is 0 Å². The molecule has 0 radical (unpaired) electrons. The third-order valence-electron chi connectivity index (χ3n) is 10.1. The van der Waals surface area contributed by atoms with Gasteiger partial charge in [0.25, 0.3) is 0 Å². The van der Waals surface area contributed by atoms with Crippen LogP contribution < -0.4 is 5.73 Å². The fraction of sp³-hybridized carbons (Fsp3) is 0.800. The number of aryl methyl sites for hydroxylation is 1. The molecule has 7 atom stereocenters. The summed E-state index contributed by atoms with van der Waals surface area (Å²) in [4.78, 5) is 4.93. The van der Waals surface area contributed by atoms with E-state index < -0.39 is 16.7 Å². The van der Waals surface area contributed by atoms with Crippen LogP contribution in [0.4, 0.5) is 0 Å². The molecule has 29 heavy (non-hydrogen) atoms. The summed E-state index contributed by atoms with van der Waals surface area (Å²) in [5, 5.41) is 12.4. The van der Waals surface area contributed by atoms with E-state index in [0.29, 0.717) is 6.42 Å². The first-order valence-electron chi connectivity index (χ1n) is 11.5. The Labute approximate surface area is 175 Å². The molecule has 3 N–H and O–H groups in total. The Hall–Kier alpha value is -0.970. The number of fused-ring (bicyclic) bond motifs is 1. The van der Waals surface area contributed by atoms with Crippen LogP contribution in [0.5, 0.6) is 0 Å². The largest absolute Gasteiger partial charge is 0.387 e. The number of pyridine rings is 1. The second kappa shape index (κ2) is 5.44. The van der Waals surface area contributed by atoms with Gasteiger partial charge < -0.3 is 15.6 Å². The summed E-state index contributed by atoms with van der Waals surface area (Å²) in [7, 11) is 0. The second-order valence-corrected chi connectivity index (χ2v) is 12.0.